The van der Waals surface area contributed by atoms with Gasteiger partial charge in [-0.25, -0.2) is 4.98 Å². The van der Waals surface area contributed by atoms with Crippen molar-refractivity contribution in [1.29, 1.82) is 0 Å². The molecular formula is C12H13F5N2O3. The molecule has 0 unspecified atom stereocenters. The van der Waals surface area contributed by atoms with Crippen LogP contribution in [0.3, 0.4) is 0 Å². The van der Waals surface area contributed by atoms with Crippen LogP contribution in [-0.2, 0) is 4.74 Å². The number of hydrogen-bond donors (Lipinski definition) is 1. The Morgan fingerprint density at radius 2 is 2.09 bits per heavy atom. The normalized spacial score (nSPS) is 22.1. The van der Waals surface area contributed by atoms with Gasteiger partial charge < -0.3 is 19.5 Å². The minimum Gasteiger partial charge on any atom is -0.473 e. The number of rotatable bonds is 6. The minimum absolute atomic E-state index is 0.122. The van der Waals surface area contributed by atoms with Crippen molar-refractivity contribution in [3.05, 3.63) is 18.3 Å². The van der Waals surface area contributed by atoms with Crippen LogP contribution >= 0.6 is 0 Å². The van der Waals surface area contributed by atoms with Gasteiger partial charge >= 0.3 is 13.0 Å². The van der Waals surface area contributed by atoms with Crippen molar-refractivity contribution in [2.45, 2.75) is 31.5 Å². The number of hydrogen-bond acceptors (Lipinski definition) is 5. The largest absolute Gasteiger partial charge is 0.573 e. The van der Waals surface area contributed by atoms with Crippen LogP contribution in [0.2, 0.25) is 0 Å². The Morgan fingerprint density at radius 1 is 1.32 bits per heavy atom. The van der Waals surface area contributed by atoms with Gasteiger partial charge in [0.1, 0.15) is 11.9 Å². The quantitative estimate of drug-likeness (QED) is 0.813. The van der Waals surface area contributed by atoms with E-state index in [1.807, 2.05) is 0 Å². The number of nitrogens with one attached hydrogen (secondary N) is 1. The first-order chi connectivity index (χ1) is 10.3. The molecule has 0 radical (unpaired) electrons. The van der Waals surface area contributed by atoms with Crippen molar-refractivity contribution in [1.82, 2.24) is 10.3 Å². The highest BCUT2D eigenvalue weighted by Crippen LogP contribution is 2.24. The molecule has 1 aliphatic rings. The summed E-state index contributed by atoms with van der Waals surface area (Å²) in [5, 5.41) is 2.94. The Kier molecular flexibility index (Phi) is 5.35. The molecule has 0 saturated carbocycles. The second kappa shape index (κ2) is 7.05. The molecule has 1 N–H and O–H groups in total. The van der Waals surface area contributed by atoms with Crippen LogP contribution in [0.1, 0.15) is 6.42 Å². The van der Waals surface area contributed by atoms with E-state index in [0.717, 1.165) is 12.3 Å². The Hall–Kier alpha value is -1.68. The Bertz CT molecular complexity index is 469. The number of alkyl halides is 5. The van der Waals surface area contributed by atoms with E-state index in [9.17, 15) is 22.0 Å². The molecule has 0 aromatic carbocycles. The van der Waals surface area contributed by atoms with Crippen LogP contribution < -0.4 is 14.8 Å². The summed E-state index contributed by atoms with van der Waals surface area (Å²) in [6.07, 6.45) is -3.79. The molecular weight excluding hydrogens is 315 g/mol. The lowest BCUT2D eigenvalue weighted by Gasteiger charge is -2.13. The zero-order valence-electron chi connectivity index (χ0n) is 11.1. The zero-order chi connectivity index (χ0) is 16.2. The highest BCUT2D eigenvalue weighted by atomic mass is 19.4. The van der Waals surface area contributed by atoms with E-state index < -0.39 is 18.7 Å². The SMILES string of the molecule is FC(F)OC[C@@H]1C[C@H](Oc2ccc(OC(F)(F)F)cn2)CN1. The van der Waals surface area contributed by atoms with Gasteiger partial charge in [0.05, 0.1) is 12.8 Å². The van der Waals surface area contributed by atoms with E-state index in [0.29, 0.717) is 13.0 Å². The average molecular weight is 328 g/mol. The van der Waals surface area contributed by atoms with Gasteiger partial charge in [-0.3, -0.25) is 0 Å². The monoisotopic (exact) mass is 328 g/mol. The summed E-state index contributed by atoms with van der Waals surface area (Å²) in [7, 11) is 0. The third kappa shape index (κ3) is 5.60. The molecule has 0 bridgehead atoms. The molecule has 0 aliphatic carbocycles. The molecule has 2 heterocycles. The number of pyridine rings is 1. The lowest BCUT2D eigenvalue weighted by atomic mass is 10.2. The fraction of sp³-hybridized carbons (Fsp3) is 0.583. The topological polar surface area (TPSA) is 52.6 Å². The molecule has 10 heteroatoms. The molecule has 1 aromatic heterocycles. The number of aromatic nitrogens is 1. The number of halogens is 5. The molecule has 1 saturated heterocycles. The molecule has 124 valence electrons. The maximum Gasteiger partial charge on any atom is 0.573 e. The number of ether oxygens (including phenoxy) is 3. The van der Waals surface area contributed by atoms with E-state index in [-0.39, 0.29) is 24.6 Å². The van der Waals surface area contributed by atoms with Gasteiger partial charge in [0.2, 0.25) is 5.88 Å². The van der Waals surface area contributed by atoms with Gasteiger partial charge in [0.15, 0.2) is 0 Å². The van der Waals surface area contributed by atoms with Gasteiger partial charge in [-0.15, -0.1) is 13.2 Å². The third-order valence-electron chi connectivity index (χ3n) is 2.84. The Morgan fingerprint density at radius 3 is 2.68 bits per heavy atom. The summed E-state index contributed by atoms with van der Waals surface area (Å²) in [6, 6.07) is 2.05. The third-order valence-corrected chi connectivity index (χ3v) is 2.84. The summed E-state index contributed by atoms with van der Waals surface area (Å²) < 4.78 is 73.1. The van der Waals surface area contributed by atoms with Crippen LogP contribution in [0, 0.1) is 0 Å². The predicted octanol–water partition coefficient (Wildman–Crippen LogP) is 2.33. The highest BCUT2D eigenvalue weighted by Gasteiger charge is 2.31. The smallest absolute Gasteiger partial charge is 0.473 e. The fourth-order valence-corrected chi connectivity index (χ4v) is 1.99. The maximum atomic E-state index is 12.0. The molecule has 1 aliphatic heterocycles. The van der Waals surface area contributed by atoms with Crippen LogP contribution in [0.5, 0.6) is 11.6 Å². The second-order valence-electron chi connectivity index (χ2n) is 4.55. The van der Waals surface area contributed by atoms with Gasteiger partial charge in [-0.2, -0.15) is 8.78 Å². The molecule has 2 atom stereocenters. The van der Waals surface area contributed by atoms with Crippen molar-refractivity contribution in [2.75, 3.05) is 13.2 Å². The van der Waals surface area contributed by atoms with Crippen molar-refractivity contribution >= 4 is 0 Å². The summed E-state index contributed by atoms with van der Waals surface area (Å²) in [5.74, 6) is -0.329. The Labute approximate surface area is 122 Å². The minimum atomic E-state index is -4.78. The summed E-state index contributed by atoms with van der Waals surface area (Å²) in [5.41, 5.74) is 0. The number of nitrogens with zero attached hydrogens (tertiary/aromatic N) is 1. The molecule has 5 nitrogen and oxygen atoms in total. The van der Waals surface area contributed by atoms with Gasteiger partial charge in [0.25, 0.3) is 0 Å². The van der Waals surface area contributed by atoms with Crippen LogP contribution in [0.4, 0.5) is 22.0 Å². The van der Waals surface area contributed by atoms with Crippen LogP contribution in [-0.4, -0.2) is 43.3 Å². The van der Waals surface area contributed by atoms with Crippen molar-refractivity contribution in [2.24, 2.45) is 0 Å². The first-order valence-electron chi connectivity index (χ1n) is 6.33. The zero-order valence-corrected chi connectivity index (χ0v) is 11.1. The van der Waals surface area contributed by atoms with E-state index in [1.54, 1.807) is 0 Å². The molecule has 1 aromatic rings. The molecule has 22 heavy (non-hydrogen) atoms. The molecule has 0 spiro atoms. The summed E-state index contributed by atoms with van der Waals surface area (Å²) in [6.45, 7) is -2.58. The second-order valence-corrected chi connectivity index (χ2v) is 4.55. The van der Waals surface area contributed by atoms with Crippen LogP contribution in [0.15, 0.2) is 18.3 Å². The fourth-order valence-electron chi connectivity index (χ4n) is 1.99. The van der Waals surface area contributed by atoms with Crippen molar-refractivity contribution < 1.29 is 36.2 Å². The van der Waals surface area contributed by atoms with E-state index in [2.05, 4.69) is 19.8 Å². The van der Waals surface area contributed by atoms with Gasteiger partial charge in [0, 0.05) is 25.1 Å². The first-order valence-corrected chi connectivity index (χ1v) is 6.33. The first kappa shape index (κ1) is 16.7. The van der Waals surface area contributed by atoms with Crippen molar-refractivity contribution in [3.63, 3.8) is 0 Å². The predicted molar refractivity (Wildman–Crippen MR) is 63.7 cm³/mol. The lowest BCUT2D eigenvalue weighted by Crippen LogP contribution is -2.27. The van der Waals surface area contributed by atoms with E-state index >= 15 is 0 Å². The van der Waals surface area contributed by atoms with E-state index in [4.69, 9.17) is 4.74 Å². The maximum absolute atomic E-state index is 12.0. The summed E-state index contributed by atoms with van der Waals surface area (Å²) in [4.78, 5) is 3.70. The van der Waals surface area contributed by atoms with E-state index in [1.165, 1.54) is 6.07 Å². The standard InChI is InChI=1S/C12H13F5N2O3/c13-11(14)20-6-7-3-9(5-18-7)21-10-2-1-8(4-19-10)22-12(15,16)17/h1-2,4,7,9,11,18H,3,5-6H2/t7-,9-/m0/s1. The Balaban J connectivity index is 1.79. The molecule has 0 amide bonds. The molecule has 2 rings (SSSR count). The van der Waals surface area contributed by atoms with Crippen LogP contribution in [0.25, 0.3) is 0 Å². The lowest BCUT2D eigenvalue weighted by molar-refractivity contribution is -0.274. The van der Waals surface area contributed by atoms with Gasteiger partial charge in [-0.05, 0) is 6.07 Å². The summed E-state index contributed by atoms with van der Waals surface area (Å²) >= 11 is 0. The highest BCUT2D eigenvalue weighted by molar-refractivity contribution is 5.23. The molecule has 1 fully saturated rings. The van der Waals surface area contributed by atoms with Crippen molar-refractivity contribution in [3.8, 4) is 11.6 Å². The average Bonchev–Trinajstić information content (AvgIpc) is 2.85. The van der Waals surface area contributed by atoms with Gasteiger partial charge in [-0.1, -0.05) is 0 Å².